The summed E-state index contributed by atoms with van der Waals surface area (Å²) < 4.78 is 15.2. The maximum Gasteiger partial charge on any atom is 0.335 e. The lowest BCUT2D eigenvalue weighted by atomic mass is 10.2. The maximum absolute atomic E-state index is 14.0. The van der Waals surface area contributed by atoms with Crippen molar-refractivity contribution < 1.29 is 14.3 Å². The van der Waals surface area contributed by atoms with E-state index in [1.807, 2.05) is 0 Å². The molecule has 0 fully saturated rings. The minimum absolute atomic E-state index is 0.0412. The Hall–Kier alpha value is -2.47. The Morgan fingerprint density at radius 2 is 2.10 bits per heavy atom. The molecule has 0 amide bonds. The van der Waals surface area contributed by atoms with E-state index in [1.54, 1.807) is 6.07 Å². The molecule has 0 aliphatic rings. The van der Waals surface area contributed by atoms with Gasteiger partial charge in [-0.15, -0.1) is 5.10 Å². The molecule has 20 heavy (non-hydrogen) atoms. The number of rotatable bonds is 2. The molecule has 1 heterocycles. The minimum Gasteiger partial charge on any atom is -0.478 e. The molecule has 0 unspecified atom stereocenters. The van der Waals surface area contributed by atoms with Crippen LogP contribution in [0.15, 0.2) is 36.4 Å². The number of carbonyl (C=O) groups is 1. The van der Waals surface area contributed by atoms with Crippen LogP contribution in [0.2, 0.25) is 5.02 Å². The summed E-state index contributed by atoms with van der Waals surface area (Å²) in [5, 5.41) is 16.7. The van der Waals surface area contributed by atoms with Gasteiger partial charge < -0.3 is 5.11 Å². The molecule has 5 nitrogen and oxygen atoms in total. The first-order chi connectivity index (χ1) is 9.58. The van der Waals surface area contributed by atoms with Gasteiger partial charge in [0.1, 0.15) is 11.2 Å². The van der Waals surface area contributed by atoms with Crippen LogP contribution in [-0.2, 0) is 0 Å². The lowest BCUT2D eigenvalue weighted by molar-refractivity contribution is 0.0697. The van der Waals surface area contributed by atoms with Gasteiger partial charge >= 0.3 is 5.97 Å². The molecule has 0 aliphatic heterocycles. The summed E-state index contributed by atoms with van der Waals surface area (Å²) in [6, 6.07) is 8.81. The van der Waals surface area contributed by atoms with Gasteiger partial charge in [0, 0.05) is 0 Å². The Balaban J connectivity index is 2.28. The Morgan fingerprint density at radius 1 is 1.30 bits per heavy atom. The minimum atomic E-state index is -1.08. The van der Waals surface area contributed by atoms with E-state index in [9.17, 15) is 9.18 Å². The van der Waals surface area contributed by atoms with Crippen molar-refractivity contribution in [2.45, 2.75) is 0 Å². The van der Waals surface area contributed by atoms with Gasteiger partial charge in [-0.1, -0.05) is 22.9 Å². The molecule has 0 radical (unpaired) electrons. The molecule has 100 valence electrons. The molecule has 1 aromatic heterocycles. The van der Waals surface area contributed by atoms with Gasteiger partial charge in [0.15, 0.2) is 5.82 Å². The van der Waals surface area contributed by atoms with E-state index in [2.05, 4.69) is 10.3 Å². The number of fused-ring (bicyclic) bond motifs is 1. The summed E-state index contributed by atoms with van der Waals surface area (Å²) in [6.07, 6.45) is 0. The average Bonchev–Trinajstić information content (AvgIpc) is 2.84. The van der Waals surface area contributed by atoms with Crippen LogP contribution in [0.1, 0.15) is 10.4 Å². The van der Waals surface area contributed by atoms with Crippen molar-refractivity contribution >= 4 is 28.6 Å². The number of carboxylic acids is 1. The fourth-order valence-corrected chi connectivity index (χ4v) is 2.06. The Labute approximate surface area is 117 Å². The summed E-state index contributed by atoms with van der Waals surface area (Å²) in [6.45, 7) is 0. The van der Waals surface area contributed by atoms with Crippen LogP contribution < -0.4 is 0 Å². The molecule has 3 rings (SSSR count). The number of hydrogen-bond donors (Lipinski definition) is 1. The van der Waals surface area contributed by atoms with Gasteiger partial charge in [0.2, 0.25) is 0 Å². The molecule has 2 aromatic carbocycles. The normalized spacial score (nSPS) is 10.9. The van der Waals surface area contributed by atoms with Gasteiger partial charge in [0.05, 0.1) is 16.1 Å². The second-order valence-electron chi connectivity index (χ2n) is 4.08. The highest BCUT2D eigenvalue weighted by Crippen LogP contribution is 2.24. The number of hydrogen-bond acceptors (Lipinski definition) is 3. The van der Waals surface area contributed by atoms with E-state index in [1.165, 1.54) is 35.0 Å². The van der Waals surface area contributed by atoms with Crippen LogP contribution in [-0.4, -0.2) is 26.1 Å². The SMILES string of the molecule is O=C(O)c1ccc2nnn(-c3cccc(Cl)c3F)c2c1. The standard InChI is InChI=1S/C13H7ClFN3O2/c14-8-2-1-3-10(12(8)15)18-11-6-7(13(19)20)4-5-9(11)16-17-18/h1-6H,(H,19,20). The van der Waals surface area contributed by atoms with Gasteiger partial charge in [-0.3, -0.25) is 0 Å². The summed E-state index contributed by atoms with van der Waals surface area (Å²) in [4.78, 5) is 11.0. The first kappa shape index (κ1) is 12.6. The maximum atomic E-state index is 14.0. The number of carboxylic acid groups (broad SMARTS) is 1. The number of nitrogens with zero attached hydrogens (tertiary/aromatic N) is 3. The van der Waals surface area contributed by atoms with E-state index in [0.29, 0.717) is 11.0 Å². The largest absolute Gasteiger partial charge is 0.478 e. The van der Waals surface area contributed by atoms with Crippen molar-refractivity contribution in [2.24, 2.45) is 0 Å². The van der Waals surface area contributed by atoms with Crippen LogP contribution in [0.25, 0.3) is 16.7 Å². The van der Waals surface area contributed by atoms with Crippen molar-refractivity contribution in [1.29, 1.82) is 0 Å². The lowest BCUT2D eigenvalue weighted by Crippen LogP contribution is -2.01. The fraction of sp³-hybridized carbons (Fsp3) is 0. The summed E-state index contributed by atoms with van der Waals surface area (Å²) >= 11 is 5.73. The van der Waals surface area contributed by atoms with E-state index in [-0.39, 0.29) is 16.3 Å². The topological polar surface area (TPSA) is 68.0 Å². The highest BCUT2D eigenvalue weighted by atomic mass is 35.5. The second-order valence-corrected chi connectivity index (χ2v) is 4.49. The van der Waals surface area contributed by atoms with Crippen LogP contribution in [0, 0.1) is 5.82 Å². The molecule has 0 bridgehead atoms. The van der Waals surface area contributed by atoms with E-state index in [4.69, 9.17) is 16.7 Å². The van der Waals surface area contributed by atoms with Gasteiger partial charge in [-0.2, -0.15) is 0 Å². The Bertz CT molecular complexity index is 832. The molecule has 1 N–H and O–H groups in total. The van der Waals surface area contributed by atoms with E-state index < -0.39 is 11.8 Å². The van der Waals surface area contributed by atoms with Crippen molar-refractivity contribution in [2.75, 3.05) is 0 Å². The summed E-state index contributed by atoms with van der Waals surface area (Å²) in [7, 11) is 0. The second kappa shape index (κ2) is 4.57. The molecule has 0 aliphatic carbocycles. The third-order valence-corrected chi connectivity index (χ3v) is 3.14. The smallest absolute Gasteiger partial charge is 0.335 e. The first-order valence-corrected chi connectivity index (χ1v) is 5.99. The van der Waals surface area contributed by atoms with Crippen LogP contribution in [0.4, 0.5) is 4.39 Å². The molecular weight excluding hydrogens is 285 g/mol. The van der Waals surface area contributed by atoms with Crippen molar-refractivity contribution in [1.82, 2.24) is 15.0 Å². The molecule has 3 aromatic rings. The fourth-order valence-electron chi connectivity index (χ4n) is 1.89. The highest BCUT2D eigenvalue weighted by Gasteiger charge is 2.14. The molecule has 7 heteroatoms. The van der Waals surface area contributed by atoms with Gasteiger partial charge in [-0.05, 0) is 30.3 Å². The summed E-state index contributed by atoms with van der Waals surface area (Å²) in [5.41, 5.74) is 1.05. The van der Waals surface area contributed by atoms with Crippen LogP contribution >= 0.6 is 11.6 Å². The monoisotopic (exact) mass is 291 g/mol. The quantitative estimate of drug-likeness (QED) is 0.788. The van der Waals surface area contributed by atoms with Gasteiger partial charge in [0.25, 0.3) is 0 Å². The van der Waals surface area contributed by atoms with Crippen LogP contribution in [0.3, 0.4) is 0 Å². The van der Waals surface area contributed by atoms with E-state index in [0.717, 1.165) is 0 Å². The zero-order valence-electron chi connectivity index (χ0n) is 9.92. The zero-order chi connectivity index (χ0) is 14.3. The third-order valence-electron chi connectivity index (χ3n) is 2.85. The van der Waals surface area contributed by atoms with Crippen molar-refractivity contribution in [3.8, 4) is 5.69 Å². The van der Waals surface area contributed by atoms with E-state index >= 15 is 0 Å². The predicted molar refractivity (Wildman–Crippen MR) is 70.8 cm³/mol. The number of aromatic nitrogens is 3. The average molecular weight is 292 g/mol. The Kier molecular flexibility index (Phi) is 2.87. The van der Waals surface area contributed by atoms with Gasteiger partial charge in [-0.25, -0.2) is 13.9 Å². The number of benzene rings is 2. The first-order valence-electron chi connectivity index (χ1n) is 5.61. The zero-order valence-corrected chi connectivity index (χ0v) is 10.7. The highest BCUT2D eigenvalue weighted by molar-refractivity contribution is 6.30. The lowest BCUT2D eigenvalue weighted by Gasteiger charge is -2.05. The van der Waals surface area contributed by atoms with Crippen LogP contribution in [0.5, 0.6) is 0 Å². The molecule has 0 spiro atoms. The third kappa shape index (κ3) is 1.90. The molecule has 0 atom stereocenters. The molecule has 0 saturated carbocycles. The predicted octanol–water partition coefficient (Wildman–Crippen LogP) is 2.91. The van der Waals surface area contributed by atoms with Crippen molar-refractivity contribution in [3.63, 3.8) is 0 Å². The Morgan fingerprint density at radius 3 is 2.85 bits per heavy atom. The summed E-state index contributed by atoms with van der Waals surface area (Å²) in [5.74, 6) is -1.71. The molecular formula is C13H7ClFN3O2. The number of aromatic carboxylic acids is 1. The number of halogens is 2. The molecule has 0 saturated heterocycles. The van der Waals surface area contributed by atoms with Crippen molar-refractivity contribution in [3.05, 3.63) is 52.8 Å².